The zero-order valence-corrected chi connectivity index (χ0v) is 11.1. The predicted octanol–water partition coefficient (Wildman–Crippen LogP) is 2.74. The van der Waals surface area contributed by atoms with Crippen LogP contribution >= 0.6 is 0 Å². The molecule has 2 bridgehead atoms. The molecular formula is C15H22FN3. The van der Waals surface area contributed by atoms with Gasteiger partial charge in [-0.25, -0.2) is 4.39 Å². The van der Waals surface area contributed by atoms with Crippen LogP contribution in [0.4, 0.5) is 10.1 Å². The summed E-state index contributed by atoms with van der Waals surface area (Å²) in [6.07, 6.45) is 6.39. The largest absolute Gasteiger partial charge is 0.398 e. The Hall–Kier alpha value is -1.13. The molecule has 4 atom stereocenters. The maximum absolute atomic E-state index is 13.4. The van der Waals surface area contributed by atoms with Gasteiger partial charge in [0.05, 0.1) is 0 Å². The molecule has 0 aliphatic heterocycles. The molecule has 104 valence electrons. The maximum atomic E-state index is 13.4. The van der Waals surface area contributed by atoms with Crippen molar-refractivity contribution in [1.29, 1.82) is 0 Å². The van der Waals surface area contributed by atoms with Crippen molar-refractivity contribution in [3.05, 3.63) is 29.6 Å². The third-order valence-electron chi connectivity index (χ3n) is 5.05. The summed E-state index contributed by atoms with van der Waals surface area (Å²) < 4.78 is 13.4. The summed E-state index contributed by atoms with van der Waals surface area (Å²) in [4.78, 5) is 0. The summed E-state index contributed by atoms with van der Waals surface area (Å²) in [5.74, 6) is 7.89. The summed E-state index contributed by atoms with van der Waals surface area (Å²) in [6, 6.07) is 4.48. The first-order valence-corrected chi connectivity index (χ1v) is 7.18. The number of rotatable bonds is 4. The molecule has 2 aliphatic carbocycles. The number of nitrogens with one attached hydrogen (secondary N) is 1. The minimum atomic E-state index is -0.252. The summed E-state index contributed by atoms with van der Waals surface area (Å²) >= 11 is 0. The highest BCUT2D eigenvalue weighted by Crippen LogP contribution is 2.51. The van der Waals surface area contributed by atoms with Gasteiger partial charge in [0.25, 0.3) is 0 Å². The van der Waals surface area contributed by atoms with Crippen LogP contribution in [0.5, 0.6) is 0 Å². The number of anilines is 1. The van der Waals surface area contributed by atoms with E-state index in [0.29, 0.717) is 11.6 Å². The van der Waals surface area contributed by atoms with Gasteiger partial charge >= 0.3 is 0 Å². The SMILES string of the molecule is NNC(CC1CC2CCC1C2)c1cc(F)ccc1N. The van der Waals surface area contributed by atoms with Crippen molar-refractivity contribution in [2.45, 2.75) is 38.1 Å². The summed E-state index contributed by atoms with van der Waals surface area (Å²) in [6.45, 7) is 0. The van der Waals surface area contributed by atoms with Gasteiger partial charge in [-0.1, -0.05) is 6.42 Å². The van der Waals surface area contributed by atoms with Crippen LogP contribution in [0.1, 0.15) is 43.7 Å². The van der Waals surface area contributed by atoms with Gasteiger partial charge in [-0.05, 0) is 67.2 Å². The molecule has 0 saturated heterocycles. The van der Waals surface area contributed by atoms with Crippen molar-refractivity contribution >= 4 is 5.69 Å². The Labute approximate surface area is 113 Å². The van der Waals surface area contributed by atoms with Crippen molar-refractivity contribution in [2.75, 3.05) is 5.73 Å². The highest BCUT2D eigenvalue weighted by atomic mass is 19.1. The van der Waals surface area contributed by atoms with Crippen molar-refractivity contribution in [1.82, 2.24) is 5.43 Å². The standard InChI is InChI=1S/C15H22FN3/c16-12-3-4-14(17)13(8-12)15(19-18)7-11-6-9-1-2-10(11)5-9/h3-4,8-11,15,19H,1-2,5-7,17-18H2. The number of benzene rings is 1. The fourth-order valence-electron chi connectivity index (χ4n) is 4.10. The van der Waals surface area contributed by atoms with E-state index in [4.69, 9.17) is 11.6 Å². The van der Waals surface area contributed by atoms with Crippen molar-refractivity contribution in [3.8, 4) is 0 Å². The van der Waals surface area contributed by atoms with Crippen LogP contribution in [-0.4, -0.2) is 0 Å². The minimum Gasteiger partial charge on any atom is -0.398 e. The van der Waals surface area contributed by atoms with Crippen molar-refractivity contribution < 1.29 is 4.39 Å². The van der Waals surface area contributed by atoms with Gasteiger partial charge in [0.2, 0.25) is 0 Å². The Kier molecular flexibility index (Phi) is 3.46. The summed E-state index contributed by atoms with van der Waals surface area (Å²) in [5, 5.41) is 0. The molecule has 0 spiro atoms. The topological polar surface area (TPSA) is 64.1 Å². The zero-order chi connectivity index (χ0) is 13.4. The molecule has 2 saturated carbocycles. The molecule has 2 aliphatic rings. The lowest BCUT2D eigenvalue weighted by atomic mass is 9.82. The Morgan fingerprint density at radius 2 is 2.16 bits per heavy atom. The lowest BCUT2D eigenvalue weighted by Crippen LogP contribution is -2.31. The fourth-order valence-corrected chi connectivity index (χ4v) is 4.10. The number of hydrogen-bond donors (Lipinski definition) is 3. The minimum absolute atomic E-state index is 0.0416. The molecule has 3 rings (SSSR count). The number of nitrogens with two attached hydrogens (primary N) is 2. The lowest BCUT2D eigenvalue weighted by Gasteiger charge is -2.27. The lowest BCUT2D eigenvalue weighted by molar-refractivity contribution is 0.280. The number of hydrazine groups is 1. The first-order chi connectivity index (χ1) is 9.17. The Balaban J connectivity index is 1.75. The average molecular weight is 263 g/mol. The maximum Gasteiger partial charge on any atom is 0.123 e. The van der Waals surface area contributed by atoms with E-state index in [9.17, 15) is 4.39 Å². The molecule has 1 aromatic carbocycles. The van der Waals surface area contributed by atoms with E-state index in [1.165, 1.54) is 37.8 Å². The van der Waals surface area contributed by atoms with Crippen LogP contribution in [-0.2, 0) is 0 Å². The molecule has 19 heavy (non-hydrogen) atoms. The molecule has 4 heteroatoms. The van der Waals surface area contributed by atoms with Gasteiger partial charge < -0.3 is 5.73 Å². The van der Waals surface area contributed by atoms with Gasteiger partial charge in [-0.3, -0.25) is 11.3 Å². The van der Waals surface area contributed by atoms with Crippen LogP contribution in [0.2, 0.25) is 0 Å². The van der Waals surface area contributed by atoms with Gasteiger partial charge in [-0.15, -0.1) is 0 Å². The number of hydrogen-bond acceptors (Lipinski definition) is 3. The van der Waals surface area contributed by atoms with Crippen LogP contribution in [0.15, 0.2) is 18.2 Å². The first-order valence-electron chi connectivity index (χ1n) is 7.18. The highest BCUT2D eigenvalue weighted by molar-refractivity contribution is 5.48. The highest BCUT2D eigenvalue weighted by Gasteiger charge is 2.40. The monoisotopic (exact) mass is 263 g/mol. The van der Waals surface area contributed by atoms with Gasteiger partial charge in [0, 0.05) is 11.7 Å². The van der Waals surface area contributed by atoms with Crippen LogP contribution in [0.3, 0.4) is 0 Å². The van der Waals surface area contributed by atoms with E-state index < -0.39 is 0 Å². The Morgan fingerprint density at radius 3 is 2.79 bits per heavy atom. The zero-order valence-electron chi connectivity index (χ0n) is 11.1. The van der Waals surface area contributed by atoms with E-state index in [1.54, 1.807) is 6.07 Å². The fraction of sp³-hybridized carbons (Fsp3) is 0.600. The predicted molar refractivity (Wildman–Crippen MR) is 74.4 cm³/mol. The van der Waals surface area contributed by atoms with Gasteiger partial charge in [0.15, 0.2) is 0 Å². The molecule has 4 unspecified atom stereocenters. The molecule has 1 aromatic rings. The third kappa shape index (κ3) is 2.47. The van der Waals surface area contributed by atoms with E-state index in [0.717, 1.165) is 23.8 Å². The summed E-state index contributed by atoms with van der Waals surface area (Å²) in [7, 11) is 0. The molecule has 0 amide bonds. The molecule has 0 radical (unpaired) electrons. The first kappa shape index (κ1) is 12.9. The van der Waals surface area contributed by atoms with Crippen LogP contribution in [0.25, 0.3) is 0 Å². The van der Waals surface area contributed by atoms with E-state index >= 15 is 0 Å². The smallest absolute Gasteiger partial charge is 0.123 e. The van der Waals surface area contributed by atoms with Gasteiger partial charge in [-0.2, -0.15) is 0 Å². The normalized spacial score (nSPS) is 30.7. The molecule has 2 fully saturated rings. The summed E-state index contributed by atoms with van der Waals surface area (Å²) in [5.41, 5.74) is 10.2. The second-order valence-corrected chi connectivity index (χ2v) is 6.16. The molecular weight excluding hydrogens is 241 g/mol. The third-order valence-corrected chi connectivity index (χ3v) is 5.05. The van der Waals surface area contributed by atoms with E-state index in [-0.39, 0.29) is 11.9 Å². The van der Waals surface area contributed by atoms with Gasteiger partial charge in [0.1, 0.15) is 5.82 Å². The van der Waals surface area contributed by atoms with Crippen molar-refractivity contribution in [3.63, 3.8) is 0 Å². The number of fused-ring (bicyclic) bond motifs is 2. The molecule has 3 nitrogen and oxygen atoms in total. The molecule has 0 heterocycles. The molecule has 0 aromatic heterocycles. The Morgan fingerprint density at radius 1 is 1.32 bits per heavy atom. The van der Waals surface area contributed by atoms with Crippen LogP contribution < -0.4 is 17.0 Å². The second-order valence-electron chi connectivity index (χ2n) is 6.16. The van der Waals surface area contributed by atoms with Crippen LogP contribution in [0, 0.1) is 23.6 Å². The van der Waals surface area contributed by atoms with E-state index in [2.05, 4.69) is 5.43 Å². The number of nitrogen functional groups attached to an aromatic ring is 1. The molecule has 5 N–H and O–H groups in total. The quantitative estimate of drug-likeness (QED) is 0.444. The van der Waals surface area contributed by atoms with Crippen molar-refractivity contribution in [2.24, 2.45) is 23.6 Å². The van der Waals surface area contributed by atoms with E-state index in [1.807, 2.05) is 0 Å². The average Bonchev–Trinajstić information content (AvgIpc) is 3.01. The number of halogens is 1. The Bertz CT molecular complexity index is 463. The second kappa shape index (κ2) is 5.10.